The molecule has 1 aromatic heterocycles. The molecule has 0 bridgehead atoms. The Balaban J connectivity index is 1.72. The second-order valence-corrected chi connectivity index (χ2v) is 7.36. The second kappa shape index (κ2) is 8.89. The van der Waals surface area contributed by atoms with Crippen molar-refractivity contribution in [2.45, 2.75) is 57.5 Å². The molecule has 2 aromatic rings. The van der Waals surface area contributed by atoms with Gasteiger partial charge in [-0.25, -0.2) is 0 Å². The van der Waals surface area contributed by atoms with Gasteiger partial charge in [0.25, 0.3) is 0 Å². The monoisotopic (exact) mass is 381 g/mol. The zero-order valence-electron chi connectivity index (χ0n) is 16.2. The predicted molar refractivity (Wildman–Crippen MR) is 108 cm³/mol. The zero-order valence-corrected chi connectivity index (χ0v) is 16.2. The van der Waals surface area contributed by atoms with Crippen molar-refractivity contribution in [3.8, 4) is 6.07 Å². The van der Waals surface area contributed by atoms with E-state index >= 15 is 0 Å². The Morgan fingerprint density at radius 2 is 2.29 bits per heavy atom. The summed E-state index contributed by atoms with van der Waals surface area (Å²) in [4.78, 5) is 29.4. The van der Waals surface area contributed by atoms with Gasteiger partial charge in [-0.2, -0.15) is 5.26 Å². The summed E-state index contributed by atoms with van der Waals surface area (Å²) in [6.07, 6.45) is 6.12. The van der Waals surface area contributed by atoms with Gasteiger partial charge in [-0.1, -0.05) is 13.3 Å². The number of fused-ring (bicyclic) bond motifs is 1. The van der Waals surface area contributed by atoms with Crippen LogP contribution in [0.2, 0.25) is 0 Å². The van der Waals surface area contributed by atoms with E-state index in [4.69, 9.17) is 5.73 Å². The molecule has 7 nitrogen and oxygen atoms in total. The minimum absolute atomic E-state index is 0.00161. The van der Waals surface area contributed by atoms with Crippen LogP contribution in [-0.4, -0.2) is 40.3 Å². The topological polar surface area (TPSA) is 115 Å². The molecule has 148 valence electrons. The lowest BCUT2D eigenvalue weighted by Crippen LogP contribution is -2.46. The molecule has 0 aliphatic carbocycles. The summed E-state index contributed by atoms with van der Waals surface area (Å²) in [5.74, 6) is -0.177. The third-order valence-corrected chi connectivity index (χ3v) is 5.25. The highest BCUT2D eigenvalue weighted by molar-refractivity contribution is 5.95. The average Bonchev–Trinajstić information content (AvgIpc) is 3.32. The first-order valence-corrected chi connectivity index (χ1v) is 9.89. The van der Waals surface area contributed by atoms with Crippen LogP contribution in [0.25, 0.3) is 10.9 Å². The number of aromatic amines is 1. The fourth-order valence-electron chi connectivity index (χ4n) is 3.69. The van der Waals surface area contributed by atoms with Crippen LogP contribution in [-0.2, 0) is 16.0 Å². The number of hydrogen-bond acceptors (Lipinski definition) is 4. The van der Waals surface area contributed by atoms with Crippen molar-refractivity contribution in [3.05, 3.63) is 30.0 Å². The number of nitriles is 1. The number of unbranched alkanes of at least 4 members (excludes halogenated alkanes) is 1. The van der Waals surface area contributed by atoms with Gasteiger partial charge in [0.1, 0.15) is 6.04 Å². The van der Waals surface area contributed by atoms with Crippen LogP contribution >= 0.6 is 0 Å². The molecule has 0 spiro atoms. The lowest BCUT2D eigenvalue weighted by atomic mass is 10.0. The van der Waals surface area contributed by atoms with Crippen LogP contribution in [0.3, 0.4) is 0 Å². The quantitative estimate of drug-likeness (QED) is 0.684. The van der Waals surface area contributed by atoms with Gasteiger partial charge in [0.2, 0.25) is 11.8 Å². The lowest BCUT2D eigenvalue weighted by Gasteiger charge is -2.23. The Morgan fingerprint density at radius 3 is 3.04 bits per heavy atom. The Hall–Kier alpha value is -2.85. The van der Waals surface area contributed by atoms with Gasteiger partial charge < -0.3 is 20.9 Å². The third kappa shape index (κ3) is 4.34. The number of aromatic nitrogens is 1. The number of carbonyl (C=O) groups excluding carboxylic acids is 2. The SMILES string of the molecule is CCCCC(=O)Nc1ccc2[nH]cc(C[C@H](N)C(=O)N3CCC[C@@H]3C#N)c2c1. The molecule has 0 radical (unpaired) electrons. The van der Waals surface area contributed by atoms with Gasteiger partial charge >= 0.3 is 0 Å². The number of nitrogens with two attached hydrogens (primary N) is 1. The molecule has 1 saturated heterocycles. The van der Waals surface area contributed by atoms with Crippen molar-refractivity contribution in [1.29, 1.82) is 5.26 Å². The highest BCUT2D eigenvalue weighted by Gasteiger charge is 2.31. The largest absolute Gasteiger partial charge is 0.361 e. The molecule has 2 heterocycles. The van der Waals surface area contributed by atoms with E-state index in [-0.39, 0.29) is 17.9 Å². The van der Waals surface area contributed by atoms with E-state index in [0.29, 0.717) is 25.8 Å². The number of anilines is 1. The van der Waals surface area contributed by atoms with Gasteiger partial charge in [0.05, 0.1) is 12.1 Å². The Morgan fingerprint density at radius 1 is 1.46 bits per heavy atom. The summed E-state index contributed by atoms with van der Waals surface area (Å²) >= 11 is 0. The van der Waals surface area contributed by atoms with Gasteiger partial charge in [0.15, 0.2) is 0 Å². The number of carbonyl (C=O) groups is 2. The van der Waals surface area contributed by atoms with E-state index in [0.717, 1.165) is 41.4 Å². The number of hydrogen-bond donors (Lipinski definition) is 3. The standard InChI is InChI=1S/C21H27N5O2/c1-2-3-6-20(27)25-15-7-8-19-17(11-15)14(13-24-19)10-18(23)21(28)26-9-4-5-16(26)12-22/h7-8,11,13,16,18,24H,2-6,9-10,23H2,1H3,(H,25,27)/t16-,18+/m1/s1. The van der Waals surface area contributed by atoms with E-state index in [1.54, 1.807) is 4.90 Å². The molecule has 1 aliphatic rings. The normalized spacial score (nSPS) is 17.5. The van der Waals surface area contributed by atoms with E-state index < -0.39 is 6.04 Å². The zero-order chi connectivity index (χ0) is 20.1. The molecule has 7 heteroatoms. The number of nitrogens with one attached hydrogen (secondary N) is 2. The first kappa shape index (κ1) is 19.9. The molecule has 3 rings (SSSR count). The van der Waals surface area contributed by atoms with Gasteiger partial charge in [-0.15, -0.1) is 0 Å². The molecule has 0 saturated carbocycles. The van der Waals surface area contributed by atoms with Crippen molar-refractivity contribution >= 4 is 28.4 Å². The molecule has 28 heavy (non-hydrogen) atoms. The molecule has 1 aliphatic heterocycles. The van der Waals surface area contributed by atoms with Gasteiger partial charge in [-0.05, 0) is 49.4 Å². The fourth-order valence-corrected chi connectivity index (χ4v) is 3.69. The average molecular weight is 381 g/mol. The highest BCUT2D eigenvalue weighted by atomic mass is 16.2. The fraction of sp³-hybridized carbons (Fsp3) is 0.476. The number of nitrogens with zero attached hydrogens (tertiary/aromatic N) is 2. The minimum Gasteiger partial charge on any atom is -0.361 e. The molecule has 2 atom stereocenters. The van der Waals surface area contributed by atoms with Crippen molar-refractivity contribution in [3.63, 3.8) is 0 Å². The number of likely N-dealkylation sites (tertiary alicyclic amines) is 1. The Kier molecular flexibility index (Phi) is 6.32. The number of benzene rings is 1. The van der Waals surface area contributed by atoms with Crippen molar-refractivity contribution < 1.29 is 9.59 Å². The van der Waals surface area contributed by atoms with E-state index in [9.17, 15) is 14.9 Å². The van der Waals surface area contributed by atoms with Crippen LogP contribution < -0.4 is 11.1 Å². The highest BCUT2D eigenvalue weighted by Crippen LogP contribution is 2.25. The summed E-state index contributed by atoms with van der Waals surface area (Å²) in [7, 11) is 0. The van der Waals surface area contributed by atoms with Crippen molar-refractivity contribution in [2.24, 2.45) is 5.73 Å². The molecule has 1 fully saturated rings. The van der Waals surface area contributed by atoms with Crippen LogP contribution in [0.15, 0.2) is 24.4 Å². The molecular formula is C21H27N5O2. The maximum absolute atomic E-state index is 12.7. The number of amides is 2. The van der Waals surface area contributed by atoms with E-state index in [1.807, 2.05) is 24.4 Å². The van der Waals surface area contributed by atoms with E-state index in [2.05, 4.69) is 23.3 Å². The third-order valence-electron chi connectivity index (χ3n) is 5.25. The van der Waals surface area contributed by atoms with Gasteiger partial charge in [0, 0.05) is 35.8 Å². The van der Waals surface area contributed by atoms with Crippen molar-refractivity contribution in [2.75, 3.05) is 11.9 Å². The van der Waals surface area contributed by atoms with Gasteiger partial charge in [-0.3, -0.25) is 9.59 Å². The summed E-state index contributed by atoms with van der Waals surface area (Å²) in [5.41, 5.74) is 8.77. The number of rotatable bonds is 7. The van der Waals surface area contributed by atoms with Crippen molar-refractivity contribution in [1.82, 2.24) is 9.88 Å². The van der Waals surface area contributed by atoms with E-state index in [1.165, 1.54) is 0 Å². The first-order valence-electron chi connectivity index (χ1n) is 9.89. The molecular weight excluding hydrogens is 354 g/mol. The maximum Gasteiger partial charge on any atom is 0.240 e. The van der Waals surface area contributed by atoms with Crippen LogP contribution in [0, 0.1) is 11.3 Å². The summed E-state index contributed by atoms with van der Waals surface area (Å²) < 4.78 is 0. The van der Waals surface area contributed by atoms with Crippen LogP contribution in [0.5, 0.6) is 0 Å². The smallest absolute Gasteiger partial charge is 0.240 e. The molecule has 4 N–H and O–H groups in total. The first-order chi connectivity index (χ1) is 13.5. The molecule has 0 unspecified atom stereocenters. The predicted octanol–water partition coefficient (Wildman–Crippen LogP) is 2.68. The van der Waals surface area contributed by atoms with Crippen LogP contribution in [0.1, 0.15) is 44.6 Å². The summed E-state index contributed by atoms with van der Waals surface area (Å²) in [6.45, 7) is 2.64. The minimum atomic E-state index is -0.698. The summed E-state index contributed by atoms with van der Waals surface area (Å²) in [5, 5.41) is 13.1. The second-order valence-electron chi connectivity index (χ2n) is 7.36. The van der Waals surface area contributed by atoms with Crippen LogP contribution in [0.4, 0.5) is 5.69 Å². The Labute approximate surface area is 164 Å². The molecule has 2 amide bonds. The number of H-pyrrole nitrogens is 1. The maximum atomic E-state index is 12.7. The molecule has 1 aromatic carbocycles. The summed E-state index contributed by atoms with van der Waals surface area (Å²) in [6, 6.07) is 6.80. The lowest BCUT2D eigenvalue weighted by molar-refractivity contribution is -0.132. The Bertz CT molecular complexity index is 898.